The van der Waals surface area contributed by atoms with Gasteiger partial charge in [0.1, 0.15) is 0 Å². The Morgan fingerprint density at radius 3 is 2.40 bits per heavy atom. The zero-order valence-corrected chi connectivity index (χ0v) is 17.0. The van der Waals surface area contributed by atoms with Crippen molar-refractivity contribution in [2.75, 3.05) is 6.16 Å². The molecule has 0 nitrogen and oxygen atoms in total. The number of fused-ring (bicyclic) bond motifs is 1. The summed E-state index contributed by atoms with van der Waals surface area (Å²) in [4.78, 5) is 0. The molecule has 1 heteroatoms. The molecule has 134 valence electrons. The molecule has 0 saturated heterocycles. The molecular formula is C24H33P. The van der Waals surface area contributed by atoms with Gasteiger partial charge in [-0.15, -0.1) is 8.58 Å². The van der Waals surface area contributed by atoms with Gasteiger partial charge >= 0.3 is 0 Å². The molecule has 0 bridgehead atoms. The van der Waals surface area contributed by atoms with Crippen LogP contribution >= 0.6 is 8.58 Å². The predicted molar refractivity (Wildman–Crippen MR) is 112 cm³/mol. The first kappa shape index (κ1) is 17.5. The summed E-state index contributed by atoms with van der Waals surface area (Å²) >= 11 is 0. The monoisotopic (exact) mass is 352 g/mol. The molecule has 25 heavy (non-hydrogen) atoms. The first-order valence-corrected chi connectivity index (χ1v) is 11.7. The van der Waals surface area contributed by atoms with Crippen molar-refractivity contribution in [1.82, 2.24) is 0 Å². The quantitative estimate of drug-likeness (QED) is 0.409. The summed E-state index contributed by atoms with van der Waals surface area (Å²) in [6, 6.07) is 9.12. The van der Waals surface area contributed by atoms with Gasteiger partial charge in [0, 0.05) is 0 Å². The minimum Gasteiger partial charge on any atom is -0.118 e. The maximum Gasteiger partial charge on any atom is -0.00150 e. The van der Waals surface area contributed by atoms with Crippen molar-refractivity contribution < 1.29 is 0 Å². The molecule has 0 heterocycles. The molecule has 0 N–H and O–H groups in total. The molecule has 3 aliphatic carbocycles. The van der Waals surface area contributed by atoms with Gasteiger partial charge in [0.05, 0.1) is 0 Å². The lowest BCUT2D eigenvalue weighted by molar-refractivity contribution is 0.469. The Hall–Kier alpha value is -0.870. The number of rotatable bonds is 5. The number of allylic oxidation sites excluding steroid dienone is 4. The Bertz CT molecular complexity index is 656. The van der Waals surface area contributed by atoms with Crippen LogP contribution in [0.1, 0.15) is 63.5 Å². The fourth-order valence-electron chi connectivity index (χ4n) is 5.32. The molecular weight excluding hydrogens is 319 g/mol. The lowest BCUT2D eigenvalue weighted by Crippen LogP contribution is -2.17. The van der Waals surface area contributed by atoms with Gasteiger partial charge in [-0.25, -0.2) is 0 Å². The van der Waals surface area contributed by atoms with Gasteiger partial charge in [-0.3, -0.25) is 0 Å². The average Bonchev–Trinajstić information content (AvgIpc) is 3.25. The summed E-state index contributed by atoms with van der Waals surface area (Å²) in [7, 11) is 1.17. The molecule has 0 radical (unpaired) electrons. The number of hydrogen-bond acceptors (Lipinski definition) is 0. The van der Waals surface area contributed by atoms with E-state index < -0.39 is 0 Å². The van der Waals surface area contributed by atoms with Crippen LogP contribution in [-0.4, -0.2) is 11.8 Å². The van der Waals surface area contributed by atoms with Gasteiger partial charge in [-0.05, 0) is 93.1 Å². The Morgan fingerprint density at radius 2 is 1.76 bits per heavy atom. The van der Waals surface area contributed by atoms with Crippen molar-refractivity contribution >= 4 is 8.58 Å². The molecule has 3 aliphatic rings. The fourth-order valence-corrected chi connectivity index (χ4v) is 7.06. The zero-order valence-electron chi connectivity index (χ0n) is 16.0. The highest BCUT2D eigenvalue weighted by atomic mass is 31.1. The molecule has 0 amide bonds. The van der Waals surface area contributed by atoms with Gasteiger partial charge in [0.2, 0.25) is 0 Å². The van der Waals surface area contributed by atoms with Crippen LogP contribution in [0.4, 0.5) is 0 Å². The maximum atomic E-state index is 2.57. The Labute approximate surface area is 156 Å². The second kappa shape index (κ2) is 7.79. The molecule has 2 unspecified atom stereocenters. The van der Waals surface area contributed by atoms with Crippen molar-refractivity contribution in [2.45, 2.75) is 70.9 Å². The summed E-state index contributed by atoms with van der Waals surface area (Å²) in [6.45, 7) is 4.71. The third-order valence-corrected chi connectivity index (χ3v) is 8.57. The average molecular weight is 353 g/mol. The lowest BCUT2D eigenvalue weighted by atomic mass is 9.78. The molecule has 1 aromatic carbocycles. The van der Waals surface area contributed by atoms with E-state index in [4.69, 9.17) is 0 Å². The molecule has 0 saturated carbocycles. The van der Waals surface area contributed by atoms with Crippen LogP contribution in [-0.2, 0) is 12.8 Å². The molecule has 4 rings (SSSR count). The smallest absolute Gasteiger partial charge is 0.00150 e. The van der Waals surface area contributed by atoms with E-state index in [0.717, 1.165) is 17.5 Å². The second-order valence-corrected chi connectivity index (χ2v) is 10.2. The standard InChI is InChI=1S/C24H33P/c1-3-19-13-18(9-11-24(19)22-10-8-17(2)12-22)16-25-23-14-20-6-4-5-7-21(20)15-23/h4-7,12,18,22-23,25H,3,8-11,13-16H2,1-2H3/t18?,22-/m0/s1. The predicted octanol–water partition coefficient (Wildman–Crippen LogP) is 6.70. The second-order valence-electron chi connectivity index (χ2n) is 8.53. The third kappa shape index (κ3) is 3.95. The van der Waals surface area contributed by atoms with E-state index >= 15 is 0 Å². The van der Waals surface area contributed by atoms with E-state index in [9.17, 15) is 0 Å². The first-order chi connectivity index (χ1) is 12.2. The van der Waals surface area contributed by atoms with E-state index in [-0.39, 0.29) is 0 Å². The molecule has 0 fully saturated rings. The van der Waals surface area contributed by atoms with Gasteiger partial charge in [-0.2, -0.15) is 0 Å². The van der Waals surface area contributed by atoms with Crippen molar-refractivity contribution in [3.8, 4) is 0 Å². The Balaban J connectivity index is 1.33. The highest BCUT2D eigenvalue weighted by Crippen LogP contribution is 2.43. The van der Waals surface area contributed by atoms with E-state index in [2.05, 4.69) is 44.2 Å². The Kier molecular flexibility index (Phi) is 5.47. The SMILES string of the molecule is CCC1=C([C@@H]2C=C(C)CC2)CCC(CPC2Cc3ccccc3C2)C1. The normalized spacial score (nSPS) is 27.4. The zero-order chi connectivity index (χ0) is 17.2. The van der Waals surface area contributed by atoms with E-state index in [0.29, 0.717) is 0 Å². The van der Waals surface area contributed by atoms with E-state index in [1.165, 1.54) is 66.1 Å². The van der Waals surface area contributed by atoms with Crippen LogP contribution in [0.15, 0.2) is 47.1 Å². The highest BCUT2D eigenvalue weighted by Gasteiger charge is 2.27. The minimum atomic E-state index is 0.794. The minimum absolute atomic E-state index is 0.794. The van der Waals surface area contributed by atoms with Crippen molar-refractivity contribution in [3.05, 3.63) is 58.2 Å². The summed E-state index contributed by atoms with van der Waals surface area (Å²) < 4.78 is 0. The van der Waals surface area contributed by atoms with Gasteiger partial charge in [0.25, 0.3) is 0 Å². The van der Waals surface area contributed by atoms with E-state index in [1.807, 2.05) is 11.1 Å². The van der Waals surface area contributed by atoms with Crippen LogP contribution in [0.3, 0.4) is 0 Å². The van der Waals surface area contributed by atoms with Gasteiger partial charge in [-0.1, -0.05) is 54.0 Å². The third-order valence-electron chi connectivity index (χ3n) is 6.77. The van der Waals surface area contributed by atoms with Crippen molar-refractivity contribution in [1.29, 1.82) is 0 Å². The summed E-state index contributed by atoms with van der Waals surface area (Å²) in [5.41, 5.74) is 9.48. The van der Waals surface area contributed by atoms with Crippen LogP contribution in [0.25, 0.3) is 0 Å². The van der Waals surface area contributed by atoms with Crippen molar-refractivity contribution in [3.63, 3.8) is 0 Å². The molecule has 0 spiro atoms. The van der Waals surface area contributed by atoms with Crippen LogP contribution in [0.5, 0.6) is 0 Å². The Morgan fingerprint density at radius 1 is 1.00 bits per heavy atom. The van der Waals surface area contributed by atoms with Crippen molar-refractivity contribution in [2.24, 2.45) is 11.8 Å². The summed E-state index contributed by atoms with van der Waals surface area (Å²) in [6.07, 6.45) is 15.0. The summed E-state index contributed by atoms with van der Waals surface area (Å²) in [5.74, 6) is 1.76. The molecule has 0 aromatic heterocycles. The van der Waals surface area contributed by atoms with E-state index in [1.54, 1.807) is 16.7 Å². The topological polar surface area (TPSA) is 0 Å². The van der Waals surface area contributed by atoms with Gasteiger partial charge < -0.3 is 0 Å². The largest absolute Gasteiger partial charge is 0.118 e. The lowest BCUT2D eigenvalue weighted by Gasteiger charge is -2.30. The van der Waals surface area contributed by atoms with Gasteiger partial charge in [0.15, 0.2) is 0 Å². The van der Waals surface area contributed by atoms with Crippen LogP contribution in [0, 0.1) is 11.8 Å². The summed E-state index contributed by atoms with van der Waals surface area (Å²) in [5, 5.41) is 0. The maximum absolute atomic E-state index is 2.57. The molecule has 1 aromatic rings. The number of benzene rings is 1. The fraction of sp³-hybridized carbons (Fsp3) is 0.583. The molecule has 0 aliphatic heterocycles. The molecule has 3 atom stereocenters. The number of hydrogen-bond donors (Lipinski definition) is 0. The highest BCUT2D eigenvalue weighted by molar-refractivity contribution is 7.38. The first-order valence-electron chi connectivity index (χ1n) is 10.4. The van der Waals surface area contributed by atoms with Crippen LogP contribution < -0.4 is 0 Å². The van der Waals surface area contributed by atoms with Crippen LogP contribution in [0.2, 0.25) is 0 Å².